The highest BCUT2D eigenvalue weighted by Crippen LogP contribution is 2.35. The lowest BCUT2D eigenvalue weighted by Crippen LogP contribution is -2.12. The molecule has 0 radical (unpaired) electrons. The first-order chi connectivity index (χ1) is 7.68. The summed E-state index contributed by atoms with van der Waals surface area (Å²) in [7, 11) is 0. The van der Waals surface area contributed by atoms with Crippen LogP contribution in [-0.4, -0.2) is 17.0 Å². The van der Waals surface area contributed by atoms with Gasteiger partial charge in [-0.2, -0.15) is 0 Å². The number of carboxylic acid groups (broad SMARTS) is 1. The predicted octanol–water partition coefficient (Wildman–Crippen LogP) is 1.98. The topological polar surface area (TPSA) is 66.4 Å². The molecule has 0 spiro atoms. The summed E-state index contributed by atoms with van der Waals surface area (Å²) in [6.45, 7) is 0. The molecule has 0 unspecified atom stereocenters. The molecule has 4 heteroatoms. The second-order valence-electron chi connectivity index (χ2n) is 3.92. The van der Waals surface area contributed by atoms with Crippen LogP contribution in [0.5, 0.6) is 0 Å². The Hall–Kier alpha value is -1.84. The molecule has 4 nitrogen and oxygen atoms in total. The van der Waals surface area contributed by atoms with Crippen LogP contribution in [0, 0.1) is 0 Å². The number of rotatable bonds is 4. The largest absolute Gasteiger partial charge is 0.481 e. The smallest absolute Gasteiger partial charge is 0.303 e. The molecule has 1 aromatic rings. The fraction of sp³-hybridized carbons (Fsp3) is 0.333. The first-order valence-corrected chi connectivity index (χ1v) is 5.30. The van der Waals surface area contributed by atoms with Crippen molar-refractivity contribution in [1.82, 2.24) is 0 Å². The van der Waals surface area contributed by atoms with Gasteiger partial charge in [0.2, 0.25) is 5.91 Å². The monoisotopic (exact) mass is 219 g/mol. The molecule has 2 N–H and O–H groups in total. The lowest BCUT2D eigenvalue weighted by molar-refractivity contribution is -0.137. The molecule has 1 aliphatic rings. The van der Waals surface area contributed by atoms with E-state index in [0.717, 1.165) is 11.3 Å². The standard InChI is InChI=1S/C12H13NO3/c14-11(15)7-3-5-9-8-4-1-2-6-10(8)13-12(9)16/h1-2,4,6,9H,3,5,7H2,(H,13,16)(H,14,15)/t9-/m0/s1. The molecule has 1 heterocycles. The Balaban J connectivity index is 2.05. The van der Waals surface area contributed by atoms with Gasteiger partial charge in [-0.25, -0.2) is 0 Å². The number of anilines is 1. The molecule has 2 rings (SSSR count). The summed E-state index contributed by atoms with van der Waals surface area (Å²) in [5.74, 6) is -1.02. The van der Waals surface area contributed by atoms with E-state index in [9.17, 15) is 9.59 Å². The minimum atomic E-state index is -0.813. The molecule has 0 fully saturated rings. The van der Waals surface area contributed by atoms with Crippen LogP contribution in [0.2, 0.25) is 0 Å². The molecule has 1 amide bonds. The lowest BCUT2D eigenvalue weighted by atomic mass is 9.95. The number of nitrogens with one attached hydrogen (secondary N) is 1. The number of fused-ring (bicyclic) bond motifs is 1. The summed E-state index contributed by atoms with van der Waals surface area (Å²) in [4.78, 5) is 22.0. The second kappa shape index (κ2) is 4.35. The SMILES string of the molecule is O=C(O)CCC[C@@H]1C(=O)Nc2ccccc21. The maximum atomic E-state index is 11.6. The molecule has 16 heavy (non-hydrogen) atoms. The van der Waals surface area contributed by atoms with E-state index >= 15 is 0 Å². The van der Waals surface area contributed by atoms with E-state index < -0.39 is 5.97 Å². The van der Waals surface area contributed by atoms with E-state index in [-0.39, 0.29) is 18.2 Å². The molecule has 0 aliphatic carbocycles. The highest BCUT2D eigenvalue weighted by molar-refractivity contribution is 6.02. The number of amides is 1. The fourth-order valence-electron chi connectivity index (χ4n) is 2.02. The van der Waals surface area contributed by atoms with Crippen LogP contribution >= 0.6 is 0 Å². The number of para-hydroxylation sites is 1. The van der Waals surface area contributed by atoms with Gasteiger partial charge in [0, 0.05) is 12.1 Å². The highest BCUT2D eigenvalue weighted by atomic mass is 16.4. The van der Waals surface area contributed by atoms with Gasteiger partial charge in [-0.05, 0) is 24.5 Å². The van der Waals surface area contributed by atoms with Gasteiger partial charge in [-0.1, -0.05) is 18.2 Å². The molecular formula is C12H13NO3. The van der Waals surface area contributed by atoms with Crippen molar-refractivity contribution in [3.63, 3.8) is 0 Å². The minimum absolute atomic E-state index is 0.0217. The molecule has 1 atom stereocenters. The Morgan fingerprint density at radius 3 is 2.88 bits per heavy atom. The number of aliphatic carboxylic acids is 1. The normalized spacial score (nSPS) is 18.0. The third kappa shape index (κ3) is 2.05. The summed E-state index contributed by atoms with van der Waals surface area (Å²) in [5, 5.41) is 11.3. The number of hydrogen-bond donors (Lipinski definition) is 2. The van der Waals surface area contributed by atoms with Crippen molar-refractivity contribution < 1.29 is 14.7 Å². The van der Waals surface area contributed by atoms with Crippen LogP contribution in [0.15, 0.2) is 24.3 Å². The van der Waals surface area contributed by atoms with Crippen molar-refractivity contribution in [2.45, 2.75) is 25.2 Å². The number of carbonyl (C=O) groups excluding carboxylic acids is 1. The first kappa shape index (κ1) is 10.7. The first-order valence-electron chi connectivity index (χ1n) is 5.30. The Kier molecular flexibility index (Phi) is 2.90. The van der Waals surface area contributed by atoms with E-state index in [1.165, 1.54) is 0 Å². The van der Waals surface area contributed by atoms with Gasteiger partial charge in [0.15, 0.2) is 0 Å². The summed E-state index contributed by atoms with van der Waals surface area (Å²) < 4.78 is 0. The van der Waals surface area contributed by atoms with Gasteiger partial charge in [-0.3, -0.25) is 9.59 Å². The molecule has 1 aromatic carbocycles. The zero-order chi connectivity index (χ0) is 11.5. The molecule has 1 aliphatic heterocycles. The highest BCUT2D eigenvalue weighted by Gasteiger charge is 2.29. The van der Waals surface area contributed by atoms with E-state index in [2.05, 4.69) is 5.32 Å². The van der Waals surface area contributed by atoms with E-state index in [1.807, 2.05) is 24.3 Å². The van der Waals surface area contributed by atoms with Gasteiger partial charge in [-0.15, -0.1) is 0 Å². The molecular weight excluding hydrogens is 206 g/mol. The summed E-state index contributed by atoms with van der Waals surface area (Å²) in [6.07, 6.45) is 1.24. The van der Waals surface area contributed by atoms with Crippen LogP contribution < -0.4 is 5.32 Å². The summed E-state index contributed by atoms with van der Waals surface area (Å²) >= 11 is 0. The lowest BCUT2D eigenvalue weighted by Gasteiger charge is -2.06. The quantitative estimate of drug-likeness (QED) is 0.813. The average Bonchev–Trinajstić information content (AvgIpc) is 2.55. The van der Waals surface area contributed by atoms with Gasteiger partial charge in [0.25, 0.3) is 0 Å². The van der Waals surface area contributed by atoms with Gasteiger partial charge >= 0.3 is 5.97 Å². The second-order valence-corrected chi connectivity index (χ2v) is 3.92. The number of benzene rings is 1. The molecule has 84 valence electrons. The summed E-state index contributed by atoms with van der Waals surface area (Å²) in [5.41, 5.74) is 1.84. The maximum absolute atomic E-state index is 11.6. The molecule has 0 saturated heterocycles. The Labute approximate surface area is 93.3 Å². The zero-order valence-corrected chi connectivity index (χ0v) is 8.77. The average molecular weight is 219 g/mol. The summed E-state index contributed by atoms with van der Waals surface area (Å²) in [6, 6.07) is 7.55. The van der Waals surface area contributed by atoms with Gasteiger partial charge in [0.1, 0.15) is 0 Å². The Bertz CT molecular complexity index is 428. The van der Waals surface area contributed by atoms with Crippen LogP contribution in [0.3, 0.4) is 0 Å². The Morgan fingerprint density at radius 2 is 2.12 bits per heavy atom. The molecule has 0 bridgehead atoms. The third-order valence-electron chi connectivity index (χ3n) is 2.79. The third-order valence-corrected chi connectivity index (χ3v) is 2.79. The zero-order valence-electron chi connectivity index (χ0n) is 8.77. The van der Waals surface area contributed by atoms with Gasteiger partial charge < -0.3 is 10.4 Å². The van der Waals surface area contributed by atoms with Crippen molar-refractivity contribution in [3.05, 3.63) is 29.8 Å². The van der Waals surface area contributed by atoms with Crippen molar-refractivity contribution in [1.29, 1.82) is 0 Å². The van der Waals surface area contributed by atoms with Crippen LogP contribution in [0.1, 0.15) is 30.7 Å². The van der Waals surface area contributed by atoms with Crippen molar-refractivity contribution in [3.8, 4) is 0 Å². The van der Waals surface area contributed by atoms with E-state index in [1.54, 1.807) is 0 Å². The number of carboxylic acids is 1. The van der Waals surface area contributed by atoms with E-state index in [4.69, 9.17) is 5.11 Å². The minimum Gasteiger partial charge on any atom is -0.481 e. The fourth-order valence-corrected chi connectivity index (χ4v) is 2.02. The van der Waals surface area contributed by atoms with Crippen molar-refractivity contribution in [2.24, 2.45) is 0 Å². The molecule has 0 aromatic heterocycles. The maximum Gasteiger partial charge on any atom is 0.303 e. The number of carbonyl (C=O) groups is 2. The van der Waals surface area contributed by atoms with Crippen LogP contribution in [-0.2, 0) is 9.59 Å². The predicted molar refractivity (Wildman–Crippen MR) is 59.3 cm³/mol. The Morgan fingerprint density at radius 1 is 1.38 bits per heavy atom. The van der Waals surface area contributed by atoms with E-state index in [0.29, 0.717) is 12.8 Å². The van der Waals surface area contributed by atoms with Crippen LogP contribution in [0.25, 0.3) is 0 Å². The number of hydrogen-bond acceptors (Lipinski definition) is 2. The van der Waals surface area contributed by atoms with Crippen molar-refractivity contribution >= 4 is 17.6 Å². The van der Waals surface area contributed by atoms with Gasteiger partial charge in [0.05, 0.1) is 5.92 Å². The van der Waals surface area contributed by atoms with Crippen LogP contribution in [0.4, 0.5) is 5.69 Å². The van der Waals surface area contributed by atoms with Crippen molar-refractivity contribution in [2.75, 3.05) is 5.32 Å². The molecule has 0 saturated carbocycles.